The summed E-state index contributed by atoms with van der Waals surface area (Å²) in [6, 6.07) is 15.6. The van der Waals surface area contributed by atoms with Gasteiger partial charge in [0.1, 0.15) is 5.58 Å². The highest BCUT2D eigenvalue weighted by Crippen LogP contribution is 2.48. The van der Waals surface area contributed by atoms with Gasteiger partial charge in [0.05, 0.1) is 28.4 Å². The molecule has 2 heterocycles. The molecule has 1 aliphatic heterocycles. The highest BCUT2D eigenvalue weighted by molar-refractivity contribution is 6.15. The van der Waals surface area contributed by atoms with Gasteiger partial charge < -0.3 is 28.3 Å². The number of hydrogen-bond acceptors (Lipinski definition) is 7. The molecule has 6 rings (SSSR count). The maximum absolute atomic E-state index is 12.6. The van der Waals surface area contributed by atoms with E-state index in [1.54, 1.807) is 34.5 Å². The molecule has 0 unspecified atom stereocenters. The van der Waals surface area contributed by atoms with Crippen molar-refractivity contribution in [2.24, 2.45) is 0 Å². The van der Waals surface area contributed by atoms with Crippen molar-refractivity contribution in [3.8, 4) is 23.0 Å². The molecular weight excluding hydrogens is 506 g/mol. The Labute approximate surface area is 232 Å². The Kier molecular flexibility index (Phi) is 6.29. The summed E-state index contributed by atoms with van der Waals surface area (Å²) in [5, 5.41) is 4.91. The molecular formula is C33H31NO6. The summed E-state index contributed by atoms with van der Waals surface area (Å²) in [4.78, 5) is 14.8. The Morgan fingerprint density at radius 1 is 0.800 bits per heavy atom. The van der Waals surface area contributed by atoms with Crippen LogP contribution in [0.5, 0.6) is 23.0 Å². The molecule has 5 aromatic rings. The summed E-state index contributed by atoms with van der Waals surface area (Å²) >= 11 is 0. The molecule has 40 heavy (non-hydrogen) atoms. The number of likely N-dealkylation sites (N-methyl/N-ethyl adjacent to an activating group) is 1. The zero-order valence-corrected chi connectivity index (χ0v) is 23.5. The fourth-order valence-corrected chi connectivity index (χ4v) is 5.90. The van der Waals surface area contributed by atoms with Crippen LogP contribution < -0.4 is 24.6 Å². The van der Waals surface area contributed by atoms with Crippen molar-refractivity contribution >= 4 is 44.3 Å². The van der Waals surface area contributed by atoms with Gasteiger partial charge in [0, 0.05) is 47.3 Å². The second-order valence-corrected chi connectivity index (χ2v) is 10.1. The third kappa shape index (κ3) is 3.92. The first-order chi connectivity index (χ1) is 19.4. The number of benzene rings is 4. The summed E-state index contributed by atoms with van der Waals surface area (Å²) in [6.45, 7) is 2.77. The van der Waals surface area contributed by atoms with E-state index in [4.69, 9.17) is 23.4 Å². The van der Waals surface area contributed by atoms with E-state index >= 15 is 0 Å². The van der Waals surface area contributed by atoms with Crippen LogP contribution in [0.4, 0.5) is 0 Å². The molecule has 0 aliphatic carbocycles. The number of nitrogens with zero attached hydrogens (tertiary/aromatic N) is 1. The molecule has 0 saturated carbocycles. The molecule has 204 valence electrons. The van der Waals surface area contributed by atoms with E-state index in [9.17, 15) is 4.79 Å². The largest absolute Gasteiger partial charge is 0.493 e. The van der Waals surface area contributed by atoms with Gasteiger partial charge in [-0.15, -0.1) is 0 Å². The van der Waals surface area contributed by atoms with Gasteiger partial charge >= 0.3 is 5.63 Å². The maximum atomic E-state index is 12.6. The first kappa shape index (κ1) is 25.6. The summed E-state index contributed by atoms with van der Waals surface area (Å²) in [7, 11) is 8.64. The number of hydrogen-bond donors (Lipinski definition) is 0. The molecule has 0 fully saturated rings. The van der Waals surface area contributed by atoms with Crippen LogP contribution in [0, 0.1) is 6.92 Å². The van der Waals surface area contributed by atoms with Crippen molar-refractivity contribution in [3.05, 3.63) is 81.2 Å². The average Bonchev–Trinajstić information content (AvgIpc) is 3.13. The van der Waals surface area contributed by atoms with Crippen LogP contribution in [-0.4, -0.2) is 46.9 Å². The number of rotatable bonds is 5. The van der Waals surface area contributed by atoms with Gasteiger partial charge in [-0.25, -0.2) is 4.79 Å². The van der Waals surface area contributed by atoms with Crippen molar-refractivity contribution in [3.63, 3.8) is 0 Å². The van der Waals surface area contributed by atoms with Crippen LogP contribution in [0.1, 0.15) is 22.3 Å². The zero-order valence-electron chi connectivity index (χ0n) is 23.5. The summed E-state index contributed by atoms with van der Waals surface area (Å²) in [5.74, 6) is 2.59. The predicted molar refractivity (Wildman–Crippen MR) is 159 cm³/mol. The van der Waals surface area contributed by atoms with E-state index in [1.807, 2.05) is 38.2 Å². The van der Waals surface area contributed by atoms with Crippen LogP contribution >= 0.6 is 0 Å². The van der Waals surface area contributed by atoms with Crippen LogP contribution in [-0.2, 0) is 6.42 Å². The van der Waals surface area contributed by atoms with Gasteiger partial charge in [-0.3, -0.25) is 0 Å². The molecule has 0 N–H and O–H groups in total. The number of methoxy groups -OCH3 is 4. The molecule has 1 aromatic heterocycles. The van der Waals surface area contributed by atoms with E-state index in [0.29, 0.717) is 28.6 Å². The lowest BCUT2D eigenvalue weighted by Crippen LogP contribution is -2.19. The average molecular weight is 538 g/mol. The topological polar surface area (TPSA) is 70.4 Å². The fraction of sp³-hybridized carbons (Fsp3) is 0.242. The first-order valence-electron chi connectivity index (χ1n) is 13.1. The third-order valence-electron chi connectivity index (χ3n) is 7.82. The van der Waals surface area contributed by atoms with Gasteiger partial charge in [-0.05, 0) is 65.4 Å². The number of aryl methyl sites for hydroxylation is 1. The predicted octanol–water partition coefficient (Wildman–Crippen LogP) is 6.43. The Morgan fingerprint density at radius 2 is 1.55 bits per heavy atom. The smallest absolute Gasteiger partial charge is 0.336 e. The first-order valence-corrected chi connectivity index (χ1v) is 13.1. The van der Waals surface area contributed by atoms with Gasteiger partial charge in [-0.1, -0.05) is 23.8 Å². The molecule has 0 radical (unpaired) electrons. The van der Waals surface area contributed by atoms with E-state index < -0.39 is 0 Å². The minimum absolute atomic E-state index is 0.385. The molecule has 1 aliphatic rings. The van der Waals surface area contributed by atoms with Gasteiger partial charge in [0.15, 0.2) is 23.0 Å². The van der Waals surface area contributed by atoms with E-state index in [1.165, 1.54) is 0 Å². The van der Waals surface area contributed by atoms with Crippen molar-refractivity contribution in [1.29, 1.82) is 0 Å². The molecule has 0 amide bonds. The van der Waals surface area contributed by atoms with Crippen LogP contribution in [0.15, 0.2) is 57.7 Å². The van der Waals surface area contributed by atoms with Crippen LogP contribution in [0.2, 0.25) is 0 Å². The molecule has 0 spiro atoms. The fourth-order valence-electron chi connectivity index (χ4n) is 5.90. The third-order valence-corrected chi connectivity index (χ3v) is 7.82. The molecule has 0 saturated heterocycles. The van der Waals surface area contributed by atoms with Crippen LogP contribution in [0.3, 0.4) is 0 Å². The second-order valence-electron chi connectivity index (χ2n) is 10.1. The van der Waals surface area contributed by atoms with E-state index in [-0.39, 0.29) is 5.63 Å². The normalized spacial score (nSPS) is 13.2. The van der Waals surface area contributed by atoms with Gasteiger partial charge in [0.25, 0.3) is 0 Å². The zero-order chi connectivity index (χ0) is 28.1. The highest BCUT2D eigenvalue weighted by atomic mass is 16.5. The lowest BCUT2D eigenvalue weighted by Gasteiger charge is -2.22. The Bertz CT molecular complexity index is 1900. The van der Waals surface area contributed by atoms with Crippen molar-refractivity contribution < 1.29 is 23.4 Å². The standard InChI is InChI=1S/C33H31NO6/c1-18-7-10-27-24(13-18)23(17-30(35)40-27)26-15-25-20(11-12-34(26)2)21-9-8-19-14-28(36-3)29(37-4)16-22(19)31(21)33(39-6)32(25)38-5/h7-10,13-17H,11-12H2,1-6H3. The summed E-state index contributed by atoms with van der Waals surface area (Å²) in [6.07, 6.45) is 2.87. The van der Waals surface area contributed by atoms with Crippen molar-refractivity contribution in [2.75, 3.05) is 42.0 Å². The van der Waals surface area contributed by atoms with Gasteiger partial charge in [0.2, 0.25) is 0 Å². The molecule has 4 aromatic carbocycles. The SMILES string of the molecule is COc1cc2ccc3c4c(c(OC)c(OC)c3c2cc1OC)C=C(c1cc(=O)oc2ccc(C)cc12)N(C)CC4. The minimum Gasteiger partial charge on any atom is -0.493 e. The summed E-state index contributed by atoms with van der Waals surface area (Å²) < 4.78 is 28.9. The lowest BCUT2D eigenvalue weighted by molar-refractivity contribution is 0.355. The lowest BCUT2D eigenvalue weighted by atomic mass is 9.91. The Morgan fingerprint density at radius 3 is 2.27 bits per heavy atom. The quantitative estimate of drug-likeness (QED) is 0.189. The molecule has 7 heteroatoms. The van der Waals surface area contributed by atoms with Crippen molar-refractivity contribution in [2.45, 2.75) is 13.3 Å². The van der Waals surface area contributed by atoms with E-state index in [2.05, 4.69) is 29.2 Å². The second kappa shape index (κ2) is 9.83. The molecule has 7 nitrogen and oxygen atoms in total. The Balaban J connectivity index is 1.71. The maximum Gasteiger partial charge on any atom is 0.336 e. The number of ether oxygens (including phenoxy) is 4. The van der Waals surface area contributed by atoms with Crippen molar-refractivity contribution in [1.82, 2.24) is 4.90 Å². The monoisotopic (exact) mass is 537 g/mol. The van der Waals surface area contributed by atoms with Crippen LogP contribution in [0.25, 0.3) is 44.3 Å². The Hall–Kier alpha value is -4.65. The molecule has 0 bridgehead atoms. The minimum atomic E-state index is -0.385. The van der Waals surface area contributed by atoms with Gasteiger partial charge in [-0.2, -0.15) is 0 Å². The molecule has 0 atom stereocenters. The summed E-state index contributed by atoms with van der Waals surface area (Å²) in [5.41, 5.74) is 5.07. The van der Waals surface area contributed by atoms with E-state index in [0.717, 1.165) is 67.8 Å². The highest BCUT2D eigenvalue weighted by Gasteiger charge is 2.26. The number of fused-ring (bicyclic) bond motifs is 6.